The molecule has 5 nitrogen and oxygen atoms in total. The SMILES string of the molecule is Cl.O=C(NCC1CCN(C(=O)C(F)(F)F)CC1)C1CNC1. The molecular weight excluding hydrogens is 311 g/mol. The Morgan fingerprint density at radius 3 is 2.19 bits per heavy atom. The van der Waals surface area contributed by atoms with Crippen LogP contribution in [-0.4, -0.2) is 55.6 Å². The van der Waals surface area contributed by atoms with Gasteiger partial charge < -0.3 is 15.5 Å². The molecule has 0 aromatic carbocycles. The molecule has 0 aliphatic carbocycles. The molecule has 2 saturated heterocycles. The van der Waals surface area contributed by atoms with Crippen LogP contribution in [0.4, 0.5) is 13.2 Å². The number of rotatable bonds is 3. The number of halogens is 4. The lowest BCUT2D eigenvalue weighted by Gasteiger charge is -2.33. The fourth-order valence-corrected chi connectivity index (χ4v) is 2.38. The number of piperidine rings is 1. The molecule has 0 radical (unpaired) electrons. The van der Waals surface area contributed by atoms with E-state index in [1.54, 1.807) is 0 Å². The van der Waals surface area contributed by atoms with E-state index in [1.165, 1.54) is 0 Å². The average molecular weight is 330 g/mol. The summed E-state index contributed by atoms with van der Waals surface area (Å²) < 4.78 is 36.8. The molecule has 2 heterocycles. The lowest BCUT2D eigenvalue weighted by Crippen LogP contribution is -2.52. The minimum atomic E-state index is -4.79. The van der Waals surface area contributed by atoms with Crippen LogP contribution in [-0.2, 0) is 9.59 Å². The Morgan fingerprint density at radius 2 is 1.76 bits per heavy atom. The predicted octanol–water partition coefficient (Wildman–Crippen LogP) is 0.545. The third-order valence-corrected chi connectivity index (χ3v) is 3.86. The Bertz CT molecular complexity index is 380. The van der Waals surface area contributed by atoms with Gasteiger partial charge >= 0.3 is 12.1 Å². The van der Waals surface area contributed by atoms with Gasteiger partial charge in [0.25, 0.3) is 0 Å². The number of carbonyl (C=O) groups is 2. The van der Waals surface area contributed by atoms with Gasteiger partial charge in [-0.05, 0) is 18.8 Å². The lowest BCUT2D eigenvalue weighted by atomic mass is 9.96. The molecule has 21 heavy (non-hydrogen) atoms. The smallest absolute Gasteiger partial charge is 0.355 e. The monoisotopic (exact) mass is 329 g/mol. The normalized spacial score (nSPS) is 20.4. The van der Waals surface area contributed by atoms with Gasteiger partial charge in [-0.25, -0.2) is 0 Å². The third-order valence-electron chi connectivity index (χ3n) is 3.86. The minimum Gasteiger partial charge on any atom is -0.355 e. The second-order valence-electron chi connectivity index (χ2n) is 5.33. The first-order chi connectivity index (χ1) is 9.38. The van der Waals surface area contributed by atoms with Crippen LogP contribution in [0.25, 0.3) is 0 Å². The van der Waals surface area contributed by atoms with Crippen molar-refractivity contribution < 1.29 is 22.8 Å². The van der Waals surface area contributed by atoms with Gasteiger partial charge in [0, 0.05) is 32.7 Å². The van der Waals surface area contributed by atoms with Crippen molar-refractivity contribution in [2.45, 2.75) is 19.0 Å². The first-order valence-electron chi connectivity index (χ1n) is 6.72. The maximum atomic E-state index is 12.3. The van der Waals surface area contributed by atoms with Crippen LogP contribution in [0.3, 0.4) is 0 Å². The van der Waals surface area contributed by atoms with Gasteiger partial charge in [-0.15, -0.1) is 12.4 Å². The Balaban J connectivity index is 0.00000220. The maximum absolute atomic E-state index is 12.3. The van der Waals surface area contributed by atoms with Crippen molar-refractivity contribution in [1.82, 2.24) is 15.5 Å². The molecule has 2 aliphatic heterocycles. The number of amides is 2. The van der Waals surface area contributed by atoms with Crippen LogP contribution in [0.2, 0.25) is 0 Å². The fraction of sp³-hybridized carbons (Fsp3) is 0.833. The largest absolute Gasteiger partial charge is 0.471 e. The van der Waals surface area contributed by atoms with Gasteiger partial charge in [0.2, 0.25) is 5.91 Å². The Morgan fingerprint density at radius 1 is 1.19 bits per heavy atom. The summed E-state index contributed by atoms with van der Waals surface area (Å²) in [4.78, 5) is 23.5. The van der Waals surface area contributed by atoms with E-state index in [0.717, 1.165) is 4.90 Å². The molecule has 122 valence electrons. The van der Waals surface area contributed by atoms with E-state index in [1.807, 2.05) is 0 Å². The van der Waals surface area contributed by atoms with Gasteiger partial charge in [0.05, 0.1) is 5.92 Å². The molecule has 0 aromatic rings. The summed E-state index contributed by atoms with van der Waals surface area (Å²) in [7, 11) is 0. The molecule has 0 bridgehead atoms. The second-order valence-corrected chi connectivity index (χ2v) is 5.33. The third kappa shape index (κ3) is 4.74. The molecule has 0 aromatic heterocycles. The highest BCUT2D eigenvalue weighted by atomic mass is 35.5. The van der Waals surface area contributed by atoms with Gasteiger partial charge in [0.1, 0.15) is 0 Å². The van der Waals surface area contributed by atoms with Crippen molar-refractivity contribution in [1.29, 1.82) is 0 Å². The van der Waals surface area contributed by atoms with E-state index in [0.29, 0.717) is 32.5 Å². The molecule has 2 fully saturated rings. The summed E-state index contributed by atoms with van der Waals surface area (Å²) in [6.45, 7) is 2.05. The first-order valence-corrected chi connectivity index (χ1v) is 6.72. The van der Waals surface area contributed by atoms with E-state index < -0.39 is 12.1 Å². The van der Waals surface area contributed by atoms with Crippen LogP contribution in [0.15, 0.2) is 0 Å². The van der Waals surface area contributed by atoms with Crippen molar-refractivity contribution in [3.05, 3.63) is 0 Å². The van der Waals surface area contributed by atoms with Gasteiger partial charge in [-0.3, -0.25) is 9.59 Å². The Kier molecular flexibility index (Phi) is 6.27. The van der Waals surface area contributed by atoms with Crippen LogP contribution < -0.4 is 10.6 Å². The number of nitrogens with zero attached hydrogens (tertiary/aromatic N) is 1. The van der Waals surface area contributed by atoms with Gasteiger partial charge in [0.15, 0.2) is 0 Å². The fourth-order valence-electron chi connectivity index (χ4n) is 2.38. The van der Waals surface area contributed by atoms with Crippen LogP contribution >= 0.6 is 12.4 Å². The molecule has 0 spiro atoms. The number of nitrogens with one attached hydrogen (secondary N) is 2. The summed E-state index contributed by atoms with van der Waals surface area (Å²) in [5, 5.41) is 5.82. The summed E-state index contributed by atoms with van der Waals surface area (Å²) in [5.41, 5.74) is 0. The zero-order valence-electron chi connectivity index (χ0n) is 11.4. The maximum Gasteiger partial charge on any atom is 0.471 e. The predicted molar refractivity (Wildman–Crippen MR) is 72.0 cm³/mol. The van der Waals surface area contributed by atoms with Crippen LogP contribution in [0, 0.1) is 11.8 Å². The molecule has 2 aliphatic rings. The van der Waals surface area contributed by atoms with Crippen LogP contribution in [0.5, 0.6) is 0 Å². The molecule has 2 amide bonds. The topological polar surface area (TPSA) is 61.4 Å². The number of alkyl halides is 3. The van der Waals surface area contributed by atoms with E-state index >= 15 is 0 Å². The Hall–Kier alpha value is -1.02. The Labute approximate surface area is 127 Å². The quantitative estimate of drug-likeness (QED) is 0.795. The van der Waals surface area contributed by atoms with E-state index in [9.17, 15) is 22.8 Å². The first kappa shape index (κ1) is 18.0. The van der Waals surface area contributed by atoms with Crippen molar-refractivity contribution >= 4 is 24.2 Å². The standard InChI is InChI=1S/C12H18F3N3O2.ClH/c13-12(14,15)11(20)18-3-1-8(2-4-18)5-17-10(19)9-6-16-7-9;/h8-9,16H,1-7H2,(H,17,19);1H. The van der Waals surface area contributed by atoms with Crippen molar-refractivity contribution in [2.24, 2.45) is 11.8 Å². The molecule has 0 atom stereocenters. The van der Waals surface area contributed by atoms with E-state index in [4.69, 9.17) is 0 Å². The molecule has 2 rings (SSSR count). The van der Waals surface area contributed by atoms with Crippen molar-refractivity contribution in [3.8, 4) is 0 Å². The van der Waals surface area contributed by atoms with Crippen molar-refractivity contribution in [2.75, 3.05) is 32.7 Å². The summed E-state index contributed by atoms with van der Waals surface area (Å²) >= 11 is 0. The number of carbonyl (C=O) groups excluding carboxylic acids is 2. The number of likely N-dealkylation sites (tertiary alicyclic amines) is 1. The molecular formula is C12H19ClF3N3O2. The highest BCUT2D eigenvalue weighted by Crippen LogP contribution is 2.23. The molecule has 2 N–H and O–H groups in total. The second kappa shape index (κ2) is 7.31. The van der Waals surface area contributed by atoms with Crippen LogP contribution in [0.1, 0.15) is 12.8 Å². The minimum absolute atomic E-state index is 0. The van der Waals surface area contributed by atoms with E-state index in [-0.39, 0.29) is 43.2 Å². The van der Waals surface area contributed by atoms with Gasteiger partial charge in [-0.2, -0.15) is 13.2 Å². The average Bonchev–Trinajstić information content (AvgIpc) is 2.33. The molecule has 9 heteroatoms. The highest BCUT2D eigenvalue weighted by Gasteiger charge is 2.43. The van der Waals surface area contributed by atoms with Gasteiger partial charge in [-0.1, -0.05) is 0 Å². The zero-order chi connectivity index (χ0) is 14.8. The number of hydrogen-bond acceptors (Lipinski definition) is 3. The van der Waals surface area contributed by atoms with Crippen molar-refractivity contribution in [3.63, 3.8) is 0 Å². The molecule has 0 saturated carbocycles. The lowest BCUT2D eigenvalue weighted by molar-refractivity contribution is -0.186. The number of hydrogen-bond donors (Lipinski definition) is 2. The summed E-state index contributed by atoms with van der Waals surface area (Å²) in [5.74, 6) is -1.61. The molecule has 0 unspecified atom stereocenters. The summed E-state index contributed by atoms with van der Waals surface area (Å²) in [6.07, 6.45) is -3.81. The highest BCUT2D eigenvalue weighted by molar-refractivity contribution is 5.85. The van der Waals surface area contributed by atoms with E-state index in [2.05, 4.69) is 10.6 Å². The summed E-state index contributed by atoms with van der Waals surface area (Å²) in [6, 6.07) is 0. The zero-order valence-corrected chi connectivity index (χ0v) is 12.2.